The second-order valence-electron chi connectivity index (χ2n) is 4.40. The van der Waals surface area contributed by atoms with Gasteiger partial charge in [0, 0.05) is 17.9 Å². The minimum absolute atomic E-state index is 0.0123. The van der Waals surface area contributed by atoms with Crippen molar-refractivity contribution in [3.63, 3.8) is 0 Å². The van der Waals surface area contributed by atoms with Crippen molar-refractivity contribution in [3.05, 3.63) is 29.9 Å². The molecule has 0 saturated carbocycles. The summed E-state index contributed by atoms with van der Waals surface area (Å²) < 4.78 is 23.4. The van der Waals surface area contributed by atoms with Crippen LogP contribution in [-0.2, 0) is 0 Å². The lowest BCUT2D eigenvalue weighted by molar-refractivity contribution is 0.355. The fraction of sp³-hybridized carbons (Fsp3) is 0.357. The Morgan fingerprint density at radius 3 is 3.00 bits per heavy atom. The lowest BCUT2D eigenvalue weighted by Gasteiger charge is -2.02. The highest BCUT2D eigenvalue weighted by Crippen LogP contribution is 2.26. The minimum Gasteiger partial charge on any atom is -0.494 e. The largest absolute Gasteiger partial charge is 0.494 e. The molecule has 0 saturated heterocycles. The number of hydrogen-bond donors (Lipinski definition) is 0. The Bertz CT molecular complexity index is 634. The number of nitrogens with zero attached hydrogens (tertiary/aromatic N) is 3. The van der Waals surface area contributed by atoms with Gasteiger partial charge in [0.05, 0.1) is 13.2 Å². The zero-order valence-corrected chi connectivity index (χ0v) is 11.3. The van der Waals surface area contributed by atoms with E-state index in [-0.39, 0.29) is 11.7 Å². The van der Waals surface area contributed by atoms with Crippen molar-refractivity contribution >= 4 is 0 Å². The highest BCUT2D eigenvalue weighted by atomic mass is 19.1. The van der Waals surface area contributed by atoms with Crippen LogP contribution in [0.4, 0.5) is 4.39 Å². The summed E-state index contributed by atoms with van der Waals surface area (Å²) in [5, 5.41) is 12.4. The highest BCUT2D eigenvalue weighted by Gasteiger charge is 2.16. The van der Waals surface area contributed by atoms with Crippen LogP contribution in [0.2, 0.25) is 0 Å². The van der Waals surface area contributed by atoms with Gasteiger partial charge in [0.2, 0.25) is 11.7 Å². The first-order valence-electron chi connectivity index (χ1n) is 6.20. The molecule has 1 unspecified atom stereocenters. The van der Waals surface area contributed by atoms with Crippen LogP contribution in [0.3, 0.4) is 0 Å². The number of ether oxygens (including phenoxy) is 1. The first kappa shape index (κ1) is 14.0. The first-order chi connectivity index (χ1) is 9.65. The van der Waals surface area contributed by atoms with Crippen LogP contribution in [0.1, 0.15) is 31.6 Å². The summed E-state index contributed by atoms with van der Waals surface area (Å²) >= 11 is 0. The van der Waals surface area contributed by atoms with Crippen molar-refractivity contribution in [2.24, 2.45) is 0 Å². The average molecular weight is 275 g/mol. The molecule has 0 aliphatic carbocycles. The molecule has 1 atom stereocenters. The first-order valence-corrected chi connectivity index (χ1v) is 6.20. The van der Waals surface area contributed by atoms with Crippen LogP contribution in [0.25, 0.3) is 11.4 Å². The van der Waals surface area contributed by atoms with Crippen LogP contribution in [-0.4, -0.2) is 17.3 Å². The number of benzene rings is 1. The third-order valence-electron chi connectivity index (χ3n) is 2.96. The van der Waals surface area contributed by atoms with E-state index < -0.39 is 5.82 Å². The second kappa shape index (κ2) is 6.15. The van der Waals surface area contributed by atoms with E-state index in [1.165, 1.54) is 19.2 Å². The Labute approximate surface area is 116 Å². The number of aromatic nitrogens is 2. The van der Waals surface area contributed by atoms with Crippen molar-refractivity contribution in [2.75, 3.05) is 7.11 Å². The number of methoxy groups -OCH3 is 1. The number of rotatable bonds is 5. The molecule has 1 aromatic heterocycles. The van der Waals surface area contributed by atoms with Crippen LogP contribution >= 0.6 is 0 Å². The molecule has 0 bridgehead atoms. The molecule has 5 nitrogen and oxygen atoms in total. The van der Waals surface area contributed by atoms with Gasteiger partial charge < -0.3 is 9.26 Å². The van der Waals surface area contributed by atoms with Crippen molar-refractivity contribution < 1.29 is 13.7 Å². The maximum absolute atomic E-state index is 13.3. The third kappa shape index (κ3) is 2.94. The van der Waals surface area contributed by atoms with Gasteiger partial charge >= 0.3 is 0 Å². The van der Waals surface area contributed by atoms with Gasteiger partial charge in [-0.15, -0.1) is 0 Å². The molecular formula is C14H14FN3O2. The smallest absolute Gasteiger partial charge is 0.229 e. The summed E-state index contributed by atoms with van der Waals surface area (Å²) in [7, 11) is 1.40. The third-order valence-corrected chi connectivity index (χ3v) is 2.96. The molecule has 20 heavy (non-hydrogen) atoms. The lowest BCUT2D eigenvalue weighted by Crippen LogP contribution is -1.93. The van der Waals surface area contributed by atoms with Crippen molar-refractivity contribution in [3.8, 4) is 23.2 Å². The van der Waals surface area contributed by atoms with E-state index >= 15 is 0 Å². The number of halogens is 1. The molecule has 6 heteroatoms. The maximum atomic E-state index is 13.3. The molecule has 104 valence electrons. The van der Waals surface area contributed by atoms with E-state index in [1.807, 2.05) is 6.92 Å². The molecule has 2 rings (SSSR count). The standard InChI is InChI=1S/C14H14FN3O2/c1-9(4-3-7-16)14-17-13(18-20-14)10-5-6-11(15)12(8-10)19-2/h5-6,8-9H,3-4H2,1-2H3. The van der Waals surface area contributed by atoms with Crippen molar-refractivity contribution in [2.45, 2.75) is 25.7 Å². The van der Waals surface area contributed by atoms with E-state index in [2.05, 4.69) is 16.2 Å². The number of hydrogen-bond acceptors (Lipinski definition) is 5. The van der Waals surface area contributed by atoms with Gasteiger partial charge in [-0.2, -0.15) is 10.2 Å². The van der Waals surface area contributed by atoms with Crippen LogP contribution in [0.5, 0.6) is 5.75 Å². The van der Waals surface area contributed by atoms with E-state index in [1.54, 1.807) is 6.07 Å². The number of nitriles is 1. The average Bonchev–Trinajstić information content (AvgIpc) is 2.95. The van der Waals surface area contributed by atoms with Gasteiger partial charge in [-0.05, 0) is 24.6 Å². The molecule has 1 heterocycles. The molecule has 2 aromatic rings. The summed E-state index contributed by atoms with van der Waals surface area (Å²) in [5.74, 6) is 0.549. The van der Waals surface area contributed by atoms with Gasteiger partial charge in [0.25, 0.3) is 0 Å². The Morgan fingerprint density at radius 1 is 1.50 bits per heavy atom. The molecule has 0 aliphatic heterocycles. The van der Waals surface area contributed by atoms with E-state index in [0.717, 1.165) is 0 Å². The summed E-state index contributed by atoms with van der Waals surface area (Å²) in [6.07, 6.45) is 1.09. The Balaban J connectivity index is 2.22. The zero-order valence-electron chi connectivity index (χ0n) is 11.3. The van der Waals surface area contributed by atoms with Crippen LogP contribution < -0.4 is 4.74 Å². The monoisotopic (exact) mass is 275 g/mol. The summed E-state index contributed by atoms with van der Waals surface area (Å²) in [6.45, 7) is 1.92. The molecule has 0 N–H and O–H groups in total. The molecule has 0 radical (unpaired) electrons. The van der Waals surface area contributed by atoms with Crippen molar-refractivity contribution in [1.29, 1.82) is 5.26 Å². The SMILES string of the molecule is COc1cc(-c2noc(C(C)CCC#N)n2)ccc1F. The predicted octanol–water partition coefficient (Wildman–Crippen LogP) is 3.29. The van der Waals surface area contributed by atoms with Gasteiger partial charge in [0.1, 0.15) is 0 Å². The highest BCUT2D eigenvalue weighted by molar-refractivity contribution is 5.57. The Morgan fingerprint density at radius 2 is 2.30 bits per heavy atom. The molecule has 0 spiro atoms. The predicted molar refractivity (Wildman–Crippen MR) is 69.5 cm³/mol. The second-order valence-corrected chi connectivity index (χ2v) is 4.40. The summed E-state index contributed by atoms with van der Waals surface area (Å²) in [6, 6.07) is 6.45. The topological polar surface area (TPSA) is 71.9 Å². The Hall–Kier alpha value is -2.42. The molecule has 0 amide bonds. The molecule has 0 aliphatic rings. The molecular weight excluding hydrogens is 261 g/mol. The van der Waals surface area contributed by atoms with Crippen LogP contribution in [0.15, 0.2) is 22.7 Å². The fourth-order valence-electron chi connectivity index (χ4n) is 1.76. The molecule has 1 aromatic carbocycles. The van der Waals surface area contributed by atoms with E-state index in [9.17, 15) is 4.39 Å². The normalized spacial score (nSPS) is 11.9. The quantitative estimate of drug-likeness (QED) is 0.837. The van der Waals surface area contributed by atoms with Gasteiger partial charge in [-0.1, -0.05) is 12.1 Å². The lowest BCUT2D eigenvalue weighted by atomic mass is 10.1. The fourth-order valence-corrected chi connectivity index (χ4v) is 1.76. The maximum Gasteiger partial charge on any atom is 0.229 e. The van der Waals surface area contributed by atoms with E-state index in [4.69, 9.17) is 14.5 Å². The summed E-state index contributed by atoms with van der Waals surface area (Å²) in [5.41, 5.74) is 0.616. The summed E-state index contributed by atoms with van der Waals surface area (Å²) in [4.78, 5) is 4.27. The van der Waals surface area contributed by atoms with Gasteiger partial charge in [-0.3, -0.25) is 0 Å². The molecule has 0 fully saturated rings. The van der Waals surface area contributed by atoms with Gasteiger partial charge in [0.15, 0.2) is 11.6 Å². The zero-order chi connectivity index (χ0) is 14.5. The Kier molecular flexibility index (Phi) is 4.31. The minimum atomic E-state index is -0.442. The van der Waals surface area contributed by atoms with E-state index in [0.29, 0.717) is 30.1 Å². The van der Waals surface area contributed by atoms with Crippen molar-refractivity contribution in [1.82, 2.24) is 10.1 Å². The van der Waals surface area contributed by atoms with Crippen LogP contribution in [0, 0.1) is 17.1 Å². The van der Waals surface area contributed by atoms with Gasteiger partial charge in [-0.25, -0.2) is 4.39 Å².